The van der Waals surface area contributed by atoms with Crippen molar-refractivity contribution in [3.05, 3.63) is 70.0 Å². The Bertz CT molecular complexity index is 786. The Morgan fingerprint density at radius 3 is 2.72 bits per heavy atom. The van der Waals surface area contributed by atoms with E-state index in [1.165, 1.54) is 19.1 Å². The van der Waals surface area contributed by atoms with E-state index in [-0.39, 0.29) is 18.2 Å². The Hall–Kier alpha value is -3.27. The highest BCUT2D eigenvalue weighted by Crippen LogP contribution is 2.36. The van der Waals surface area contributed by atoms with Crippen molar-refractivity contribution in [1.82, 2.24) is 4.98 Å². The topological polar surface area (TPSA) is 106 Å². The maximum Gasteiger partial charge on any atom is 0.302 e. The van der Waals surface area contributed by atoms with Crippen LogP contribution in [0.4, 0.5) is 5.69 Å². The number of carbonyl (C=O) groups is 1. The van der Waals surface area contributed by atoms with E-state index in [0.717, 1.165) is 0 Å². The normalized spacial score (nSPS) is 12.6. The molecular weight excluding hydrogens is 322 g/mol. The lowest BCUT2D eigenvalue weighted by Gasteiger charge is -2.22. The van der Waals surface area contributed by atoms with E-state index >= 15 is 0 Å². The number of non-ortho nitro benzene ring substituents is 1. The molecule has 0 amide bonds. The summed E-state index contributed by atoms with van der Waals surface area (Å²) in [5.74, 6) is -1.34. The molecule has 7 heteroatoms. The first kappa shape index (κ1) is 18.1. The van der Waals surface area contributed by atoms with Crippen LogP contribution >= 0.6 is 0 Å². The maximum atomic E-state index is 11.0. The van der Waals surface area contributed by atoms with Gasteiger partial charge in [0.05, 0.1) is 23.5 Å². The summed E-state index contributed by atoms with van der Waals surface area (Å²) >= 11 is 0. The third kappa shape index (κ3) is 4.85. The first-order valence-electron chi connectivity index (χ1n) is 7.70. The molecule has 2 aromatic rings. The molecule has 25 heavy (non-hydrogen) atoms. The zero-order valence-electron chi connectivity index (χ0n) is 13.7. The second-order valence-electron chi connectivity index (χ2n) is 5.48. The SMILES string of the molecule is CC(=O)OCC[C@@H](c1cccc([N+](=O)[O-])c1)[C@@H](C#N)c1cccnc1. The van der Waals surface area contributed by atoms with E-state index in [1.54, 1.807) is 36.7 Å². The molecule has 1 aromatic heterocycles. The number of hydrogen-bond acceptors (Lipinski definition) is 6. The summed E-state index contributed by atoms with van der Waals surface area (Å²) in [6, 6.07) is 12.0. The number of nitro benzene ring substituents is 1. The number of nitriles is 1. The van der Waals surface area contributed by atoms with Gasteiger partial charge in [0.2, 0.25) is 0 Å². The van der Waals surface area contributed by atoms with Crippen LogP contribution < -0.4 is 0 Å². The summed E-state index contributed by atoms with van der Waals surface area (Å²) in [5, 5.41) is 20.7. The molecule has 0 aliphatic rings. The average Bonchev–Trinajstić information content (AvgIpc) is 2.61. The van der Waals surface area contributed by atoms with Crippen LogP contribution in [0.5, 0.6) is 0 Å². The van der Waals surface area contributed by atoms with Crippen LogP contribution in [0.1, 0.15) is 36.3 Å². The van der Waals surface area contributed by atoms with E-state index in [2.05, 4.69) is 11.1 Å². The standard InChI is InChI=1S/C18H17N3O4/c1-13(22)25-9-7-17(14-4-2-6-16(10-14)21(23)24)18(11-19)15-5-3-8-20-12-15/h2-6,8,10,12,17-18H,7,9H2,1H3/t17-,18-/m0/s1. The molecular formula is C18H17N3O4. The van der Waals surface area contributed by atoms with Gasteiger partial charge in [-0.1, -0.05) is 18.2 Å². The lowest BCUT2D eigenvalue weighted by molar-refractivity contribution is -0.384. The van der Waals surface area contributed by atoms with Gasteiger partial charge in [-0.2, -0.15) is 5.26 Å². The van der Waals surface area contributed by atoms with Gasteiger partial charge >= 0.3 is 5.97 Å². The summed E-state index contributed by atoms with van der Waals surface area (Å²) in [6.07, 6.45) is 3.58. The molecule has 0 aliphatic heterocycles. The van der Waals surface area contributed by atoms with Gasteiger partial charge in [0.1, 0.15) is 0 Å². The number of benzene rings is 1. The Morgan fingerprint density at radius 1 is 1.36 bits per heavy atom. The van der Waals surface area contributed by atoms with Crippen LogP contribution in [-0.4, -0.2) is 22.5 Å². The molecule has 0 N–H and O–H groups in total. The molecule has 128 valence electrons. The summed E-state index contributed by atoms with van der Waals surface area (Å²) in [6.45, 7) is 1.44. The number of nitro groups is 1. The molecule has 0 unspecified atom stereocenters. The minimum absolute atomic E-state index is 0.0436. The number of ether oxygens (including phenoxy) is 1. The molecule has 2 atom stereocenters. The summed E-state index contributed by atoms with van der Waals surface area (Å²) in [4.78, 5) is 25.6. The van der Waals surface area contributed by atoms with Crippen LogP contribution in [0.15, 0.2) is 48.8 Å². The number of rotatable bonds is 7. The zero-order chi connectivity index (χ0) is 18.2. The first-order chi connectivity index (χ1) is 12.0. The summed E-state index contributed by atoms with van der Waals surface area (Å²) < 4.78 is 5.00. The summed E-state index contributed by atoms with van der Waals surface area (Å²) in [5.41, 5.74) is 1.32. The van der Waals surface area contributed by atoms with Crippen LogP contribution in [0, 0.1) is 21.4 Å². The maximum absolute atomic E-state index is 11.0. The number of esters is 1. The number of nitrogens with zero attached hydrogens (tertiary/aromatic N) is 3. The fourth-order valence-electron chi connectivity index (χ4n) is 2.68. The van der Waals surface area contributed by atoms with Gasteiger partial charge in [0.15, 0.2) is 0 Å². The quantitative estimate of drug-likeness (QED) is 0.435. The third-order valence-corrected chi connectivity index (χ3v) is 3.83. The minimum atomic E-state index is -0.564. The minimum Gasteiger partial charge on any atom is -0.466 e. The predicted octanol–water partition coefficient (Wildman–Crippen LogP) is 3.33. The molecule has 0 spiro atoms. The van der Waals surface area contributed by atoms with E-state index in [9.17, 15) is 20.2 Å². The van der Waals surface area contributed by atoms with Crippen LogP contribution in [-0.2, 0) is 9.53 Å². The van der Waals surface area contributed by atoms with Crippen LogP contribution in [0.25, 0.3) is 0 Å². The molecule has 1 aromatic carbocycles. The molecule has 1 heterocycles. The molecule has 0 bridgehead atoms. The molecule has 0 saturated carbocycles. The molecule has 2 rings (SSSR count). The van der Waals surface area contributed by atoms with Crippen molar-refractivity contribution >= 4 is 11.7 Å². The zero-order valence-corrected chi connectivity index (χ0v) is 13.7. The predicted molar refractivity (Wildman–Crippen MR) is 89.7 cm³/mol. The molecule has 0 radical (unpaired) electrons. The van der Waals surface area contributed by atoms with Gasteiger partial charge in [-0.05, 0) is 23.6 Å². The van der Waals surface area contributed by atoms with Gasteiger partial charge < -0.3 is 4.74 Å². The van der Waals surface area contributed by atoms with E-state index in [4.69, 9.17) is 4.74 Å². The van der Waals surface area contributed by atoms with Crippen molar-refractivity contribution in [3.8, 4) is 6.07 Å². The number of carbonyl (C=O) groups excluding carboxylic acids is 1. The fraction of sp³-hybridized carbons (Fsp3) is 0.278. The Kier molecular flexibility index (Phi) is 6.18. The van der Waals surface area contributed by atoms with Crippen LogP contribution in [0.3, 0.4) is 0 Å². The van der Waals surface area contributed by atoms with Gasteiger partial charge in [-0.3, -0.25) is 19.9 Å². The van der Waals surface area contributed by atoms with Crippen molar-refractivity contribution in [2.24, 2.45) is 0 Å². The fourth-order valence-corrected chi connectivity index (χ4v) is 2.68. The largest absolute Gasteiger partial charge is 0.466 e. The van der Waals surface area contributed by atoms with Crippen molar-refractivity contribution in [1.29, 1.82) is 5.26 Å². The van der Waals surface area contributed by atoms with Gasteiger partial charge in [-0.15, -0.1) is 0 Å². The molecule has 0 fully saturated rings. The van der Waals surface area contributed by atoms with Gasteiger partial charge in [0, 0.05) is 37.4 Å². The van der Waals surface area contributed by atoms with Gasteiger partial charge in [0.25, 0.3) is 5.69 Å². The van der Waals surface area contributed by atoms with Crippen molar-refractivity contribution in [2.45, 2.75) is 25.2 Å². The van der Waals surface area contributed by atoms with Crippen molar-refractivity contribution < 1.29 is 14.5 Å². The Morgan fingerprint density at radius 2 is 2.12 bits per heavy atom. The van der Waals surface area contributed by atoms with Gasteiger partial charge in [-0.25, -0.2) is 0 Å². The highest BCUT2D eigenvalue weighted by molar-refractivity contribution is 5.65. The summed E-state index contributed by atoms with van der Waals surface area (Å²) in [7, 11) is 0. The lowest BCUT2D eigenvalue weighted by atomic mass is 9.81. The highest BCUT2D eigenvalue weighted by atomic mass is 16.6. The van der Waals surface area contributed by atoms with Crippen LogP contribution in [0.2, 0.25) is 0 Å². The Labute approximate surface area is 145 Å². The molecule has 0 saturated heterocycles. The molecule has 7 nitrogen and oxygen atoms in total. The number of aromatic nitrogens is 1. The highest BCUT2D eigenvalue weighted by Gasteiger charge is 2.26. The van der Waals surface area contributed by atoms with E-state index < -0.39 is 16.8 Å². The van der Waals surface area contributed by atoms with Crippen molar-refractivity contribution in [2.75, 3.05) is 6.61 Å². The monoisotopic (exact) mass is 339 g/mol. The lowest BCUT2D eigenvalue weighted by Crippen LogP contribution is -2.14. The van der Waals surface area contributed by atoms with E-state index in [0.29, 0.717) is 17.5 Å². The second-order valence-corrected chi connectivity index (χ2v) is 5.48. The third-order valence-electron chi connectivity index (χ3n) is 3.83. The first-order valence-corrected chi connectivity index (χ1v) is 7.70. The molecule has 0 aliphatic carbocycles. The number of pyridine rings is 1. The van der Waals surface area contributed by atoms with E-state index in [1.807, 2.05) is 0 Å². The second kappa shape index (κ2) is 8.55. The van der Waals surface area contributed by atoms with Crippen molar-refractivity contribution in [3.63, 3.8) is 0 Å². The average molecular weight is 339 g/mol. The number of hydrogen-bond donors (Lipinski definition) is 0. The smallest absolute Gasteiger partial charge is 0.302 e. The Balaban J connectivity index is 2.38.